The number of nitrogen functional groups attached to an aromatic ring is 1. The minimum absolute atomic E-state index is 0.260. The third kappa shape index (κ3) is 2.64. The molecule has 0 aromatic carbocycles. The van der Waals surface area contributed by atoms with E-state index >= 15 is 0 Å². The van der Waals surface area contributed by atoms with Crippen LogP contribution in [0.25, 0.3) is 0 Å². The zero-order chi connectivity index (χ0) is 13.1. The van der Waals surface area contributed by atoms with Crippen molar-refractivity contribution in [2.75, 3.05) is 44.4 Å². The highest BCUT2D eigenvalue weighted by Crippen LogP contribution is 2.21. The number of hydrogen-bond acceptors (Lipinski definition) is 6. The van der Waals surface area contributed by atoms with E-state index in [1.54, 1.807) is 7.11 Å². The molecule has 0 spiro atoms. The summed E-state index contributed by atoms with van der Waals surface area (Å²) in [6, 6.07) is 2.40. The molecule has 1 aromatic rings. The molecule has 0 radical (unpaired) electrons. The fourth-order valence-corrected chi connectivity index (χ4v) is 2.29. The number of likely N-dealkylation sites (N-methyl/N-ethyl adjacent to an activating group) is 1. The molecule has 0 bridgehead atoms. The Morgan fingerprint density at radius 2 is 2.22 bits per heavy atom. The van der Waals surface area contributed by atoms with Gasteiger partial charge < -0.3 is 15.4 Å². The van der Waals surface area contributed by atoms with Crippen molar-refractivity contribution in [2.45, 2.75) is 19.4 Å². The second-order valence-corrected chi connectivity index (χ2v) is 4.62. The lowest BCUT2D eigenvalue weighted by molar-refractivity contribution is 0.213. The van der Waals surface area contributed by atoms with Crippen molar-refractivity contribution in [3.63, 3.8) is 0 Å². The normalized spacial score (nSPS) is 21.1. The summed E-state index contributed by atoms with van der Waals surface area (Å²) < 4.78 is 5.13. The van der Waals surface area contributed by atoms with Crippen LogP contribution in [0, 0.1) is 0 Å². The van der Waals surface area contributed by atoms with Crippen molar-refractivity contribution in [3.8, 4) is 5.88 Å². The van der Waals surface area contributed by atoms with Crippen LogP contribution in [0.1, 0.15) is 13.3 Å². The highest BCUT2D eigenvalue weighted by atomic mass is 16.5. The highest BCUT2D eigenvalue weighted by molar-refractivity contribution is 5.46. The van der Waals surface area contributed by atoms with Crippen LogP contribution in [0.15, 0.2) is 6.07 Å². The van der Waals surface area contributed by atoms with Gasteiger partial charge in [0.05, 0.1) is 7.11 Å². The van der Waals surface area contributed by atoms with E-state index in [2.05, 4.69) is 33.7 Å². The molecule has 1 atom stereocenters. The van der Waals surface area contributed by atoms with Gasteiger partial charge in [-0.15, -0.1) is 0 Å². The van der Waals surface area contributed by atoms with Gasteiger partial charge >= 0.3 is 0 Å². The van der Waals surface area contributed by atoms with Gasteiger partial charge in [0.15, 0.2) is 0 Å². The minimum Gasteiger partial charge on any atom is -0.481 e. The Morgan fingerprint density at radius 1 is 1.44 bits per heavy atom. The largest absolute Gasteiger partial charge is 0.481 e. The average Bonchev–Trinajstić information content (AvgIpc) is 2.38. The van der Waals surface area contributed by atoms with E-state index in [1.807, 2.05) is 6.07 Å². The van der Waals surface area contributed by atoms with Crippen LogP contribution in [-0.4, -0.2) is 54.7 Å². The molecule has 1 aromatic heterocycles. The van der Waals surface area contributed by atoms with Crippen LogP contribution in [0.4, 0.5) is 11.8 Å². The zero-order valence-corrected chi connectivity index (χ0v) is 11.3. The predicted molar refractivity (Wildman–Crippen MR) is 71.9 cm³/mol. The summed E-state index contributed by atoms with van der Waals surface area (Å²) in [5, 5.41) is 0. The van der Waals surface area contributed by atoms with Gasteiger partial charge in [-0.1, -0.05) is 6.92 Å². The minimum atomic E-state index is 0.260. The van der Waals surface area contributed by atoms with Gasteiger partial charge in [-0.05, 0) is 13.5 Å². The van der Waals surface area contributed by atoms with Crippen molar-refractivity contribution < 1.29 is 4.74 Å². The fraction of sp³-hybridized carbons (Fsp3) is 0.667. The van der Waals surface area contributed by atoms with Gasteiger partial charge in [0.2, 0.25) is 11.8 Å². The quantitative estimate of drug-likeness (QED) is 0.848. The molecule has 100 valence electrons. The molecule has 2 heterocycles. The van der Waals surface area contributed by atoms with Gasteiger partial charge in [0.25, 0.3) is 0 Å². The first kappa shape index (κ1) is 12.9. The van der Waals surface area contributed by atoms with Gasteiger partial charge in [-0.25, -0.2) is 0 Å². The van der Waals surface area contributed by atoms with Crippen LogP contribution < -0.4 is 15.4 Å². The maximum Gasteiger partial charge on any atom is 0.225 e. The van der Waals surface area contributed by atoms with Crippen LogP contribution in [-0.2, 0) is 0 Å². The first-order valence-corrected chi connectivity index (χ1v) is 6.27. The van der Waals surface area contributed by atoms with E-state index in [0.717, 1.165) is 31.9 Å². The Balaban J connectivity index is 2.18. The molecular formula is C12H21N5O. The summed E-state index contributed by atoms with van der Waals surface area (Å²) in [4.78, 5) is 12.9. The average molecular weight is 251 g/mol. The Morgan fingerprint density at radius 3 is 2.89 bits per heavy atom. The summed E-state index contributed by atoms with van der Waals surface area (Å²) in [6.45, 7) is 5.16. The SMILES string of the molecule is CCC1CN(c2cc(OC)nc(N)n2)CCN1C. The lowest BCUT2D eigenvalue weighted by atomic mass is 10.1. The Hall–Kier alpha value is -1.56. The number of anilines is 2. The standard InChI is InChI=1S/C12H21N5O/c1-4-9-8-17(6-5-16(9)2)10-7-11(18-3)15-12(13)14-10/h7,9H,4-6,8H2,1-3H3,(H2,13,14,15). The fourth-order valence-electron chi connectivity index (χ4n) is 2.29. The Kier molecular flexibility index (Phi) is 3.86. The molecule has 1 fully saturated rings. The van der Waals surface area contributed by atoms with Crippen LogP contribution in [0.2, 0.25) is 0 Å². The molecule has 1 unspecified atom stereocenters. The summed E-state index contributed by atoms with van der Waals surface area (Å²) in [5.74, 6) is 1.63. The van der Waals surface area contributed by atoms with Crippen LogP contribution >= 0.6 is 0 Å². The first-order valence-electron chi connectivity index (χ1n) is 6.27. The zero-order valence-electron chi connectivity index (χ0n) is 11.3. The summed E-state index contributed by atoms with van der Waals surface area (Å²) in [5.41, 5.74) is 5.70. The lowest BCUT2D eigenvalue weighted by Crippen LogP contribution is -2.51. The second kappa shape index (κ2) is 5.39. The first-order chi connectivity index (χ1) is 8.63. The molecule has 1 aliphatic heterocycles. The van der Waals surface area contributed by atoms with Gasteiger partial charge in [0, 0.05) is 31.7 Å². The lowest BCUT2D eigenvalue weighted by Gasteiger charge is -2.39. The Labute approximate surface area is 108 Å². The van der Waals surface area contributed by atoms with E-state index in [-0.39, 0.29) is 5.95 Å². The maximum absolute atomic E-state index is 5.70. The number of rotatable bonds is 3. The highest BCUT2D eigenvalue weighted by Gasteiger charge is 2.24. The topological polar surface area (TPSA) is 67.5 Å². The summed E-state index contributed by atoms with van der Waals surface area (Å²) in [7, 11) is 3.75. The third-order valence-corrected chi connectivity index (χ3v) is 3.49. The second-order valence-electron chi connectivity index (χ2n) is 4.62. The number of methoxy groups -OCH3 is 1. The third-order valence-electron chi connectivity index (χ3n) is 3.49. The summed E-state index contributed by atoms with van der Waals surface area (Å²) in [6.07, 6.45) is 1.13. The maximum atomic E-state index is 5.70. The number of nitrogens with two attached hydrogens (primary N) is 1. The number of ether oxygens (including phenoxy) is 1. The van der Waals surface area contributed by atoms with Crippen LogP contribution in [0.5, 0.6) is 5.88 Å². The molecule has 0 aliphatic carbocycles. The van der Waals surface area contributed by atoms with Crippen molar-refractivity contribution in [3.05, 3.63) is 6.07 Å². The van der Waals surface area contributed by atoms with E-state index in [4.69, 9.17) is 10.5 Å². The number of hydrogen-bond donors (Lipinski definition) is 1. The molecule has 6 nitrogen and oxygen atoms in total. The Bertz CT molecular complexity index is 411. The van der Waals surface area contributed by atoms with Gasteiger partial charge in [0.1, 0.15) is 5.82 Å². The molecule has 2 N–H and O–H groups in total. The molecular weight excluding hydrogens is 230 g/mol. The monoisotopic (exact) mass is 251 g/mol. The molecule has 6 heteroatoms. The molecule has 2 rings (SSSR count). The van der Waals surface area contributed by atoms with Crippen molar-refractivity contribution in [1.82, 2.24) is 14.9 Å². The summed E-state index contributed by atoms with van der Waals surface area (Å²) >= 11 is 0. The molecule has 1 aliphatic rings. The number of aromatic nitrogens is 2. The van der Waals surface area contributed by atoms with E-state index in [1.165, 1.54) is 0 Å². The van der Waals surface area contributed by atoms with E-state index in [0.29, 0.717) is 11.9 Å². The smallest absolute Gasteiger partial charge is 0.225 e. The molecule has 1 saturated heterocycles. The van der Waals surface area contributed by atoms with Gasteiger partial charge in [-0.3, -0.25) is 4.90 Å². The van der Waals surface area contributed by atoms with Crippen LogP contribution in [0.3, 0.4) is 0 Å². The molecule has 0 amide bonds. The van der Waals surface area contributed by atoms with E-state index in [9.17, 15) is 0 Å². The molecule has 0 saturated carbocycles. The predicted octanol–water partition coefficient (Wildman–Crippen LogP) is 0.598. The van der Waals surface area contributed by atoms with Crippen molar-refractivity contribution in [1.29, 1.82) is 0 Å². The van der Waals surface area contributed by atoms with Crippen molar-refractivity contribution >= 4 is 11.8 Å². The number of nitrogens with zero attached hydrogens (tertiary/aromatic N) is 4. The van der Waals surface area contributed by atoms with Crippen molar-refractivity contribution in [2.24, 2.45) is 0 Å². The van der Waals surface area contributed by atoms with Gasteiger partial charge in [-0.2, -0.15) is 9.97 Å². The molecule has 18 heavy (non-hydrogen) atoms. The van der Waals surface area contributed by atoms with E-state index < -0.39 is 0 Å². The number of piperazine rings is 1.